The summed E-state index contributed by atoms with van der Waals surface area (Å²) in [5.74, 6) is -0.314. The van der Waals surface area contributed by atoms with Crippen molar-refractivity contribution in [3.63, 3.8) is 0 Å². The van der Waals surface area contributed by atoms with Gasteiger partial charge in [0.2, 0.25) is 5.91 Å². The Morgan fingerprint density at radius 1 is 1.50 bits per heavy atom. The Bertz CT molecular complexity index is 680. The lowest BCUT2D eigenvalue weighted by Gasteiger charge is -2.32. The van der Waals surface area contributed by atoms with Crippen LogP contribution >= 0.6 is 11.3 Å². The zero-order chi connectivity index (χ0) is 16.9. The monoisotopic (exact) mass is 349 g/mol. The number of nitrogens with zero attached hydrogens (tertiary/aromatic N) is 3. The Hall–Kier alpha value is -1.83. The summed E-state index contributed by atoms with van der Waals surface area (Å²) >= 11 is 1.56. The van der Waals surface area contributed by atoms with Gasteiger partial charge in [-0.15, -0.1) is 11.3 Å². The average molecular weight is 349 g/mol. The highest BCUT2D eigenvalue weighted by molar-refractivity contribution is 7.09. The average Bonchev–Trinajstić information content (AvgIpc) is 3.12. The molecule has 0 radical (unpaired) electrons. The maximum Gasteiger partial charge on any atom is 0.236 e. The third kappa shape index (κ3) is 4.17. The molecule has 1 atom stereocenters. The minimum atomic E-state index is -0.285. The summed E-state index contributed by atoms with van der Waals surface area (Å²) in [6, 6.07) is 6.53. The molecule has 24 heavy (non-hydrogen) atoms. The summed E-state index contributed by atoms with van der Waals surface area (Å²) in [5.41, 5.74) is 0.524. The van der Waals surface area contributed by atoms with E-state index in [-0.39, 0.29) is 24.4 Å². The number of likely N-dealkylation sites (N-methyl/N-ethyl adjacent to an activating group) is 1. The first-order valence-electron chi connectivity index (χ1n) is 7.84. The maximum atomic E-state index is 13.7. The number of amides is 1. The van der Waals surface area contributed by atoms with Crippen molar-refractivity contribution in [3.8, 4) is 0 Å². The first kappa shape index (κ1) is 17.0. The minimum absolute atomic E-state index is 0.0296. The van der Waals surface area contributed by atoms with Gasteiger partial charge in [0, 0.05) is 43.8 Å². The highest BCUT2D eigenvalue weighted by atomic mass is 32.1. The van der Waals surface area contributed by atoms with Crippen LogP contribution in [0.2, 0.25) is 0 Å². The van der Waals surface area contributed by atoms with Crippen molar-refractivity contribution in [2.24, 2.45) is 0 Å². The molecule has 5 nitrogen and oxygen atoms in total. The van der Waals surface area contributed by atoms with E-state index in [1.165, 1.54) is 6.07 Å². The highest BCUT2D eigenvalue weighted by Gasteiger charge is 2.26. The number of morpholine rings is 1. The second kappa shape index (κ2) is 7.83. The molecule has 1 aromatic carbocycles. The summed E-state index contributed by atoms with van der Waals surface area (Å²) in [4.78, 5) is 20.3. The van der Waals surface area contributed by atoms with Gasteiger partial charge in [-0.1, -0.05) is 18.2 Å². The topological polar surface area (TPSA) is 45.7 Å². The Kier molecular flexibility index (Phi) is 5.55. The maximum absolute atomic E-state index is 13.7. The van der Waals surface area contributed by atoms with Gasteiger partial charge in [0.15, 0.2) is 0 Å². The molecule has 1 saturated heterocycles. The smallest absolute Gasteiger partial charge is 0.236 e. The van der Waals surface area contributed by atoms with E-state index in [0.717, 1.165) is 5.01 Å². The molecule has 2 aromatic rings. The molecule has 7 heteroatoms. The molecule has 1 aromatic heterocycles. The van der Waals surface area contributed by atoms with Crippen molar-refractivity contribution in [2.45, 2.75) is 12.6 Å². The van der Waals surface area contributed by atoms with Gasteiger partial charge < -0.3 is 9.64 Å². The third-order valence-corrected chi connectivity index (χ3v) is 4.89. The zero-order valence-electron chi connectivity index (χ0n) is 13.5. The molecule has 0 aliphatic carbocycles. The summed E-state index contributed by atoms with van der Waals surface area (Å²) in [5, 5.41) is 2.86. The third-order valence-electron chi connectivity index (χ3n) is 4.03. The number of hydrogen-bond acceptors (Lipinski definition) is 5. The van der Waals surface area contributed by atoms with E-state index in [2.05, 4.69) is 9.88 Å². The van der Waals surface area contributed by atoms with Gasteiger partial charge >= 0.3 is 0 Å². The molecule has 0 N–H and O–H groups in total. The Labute approximate surface area is 144 Å². The number of ether oxygens (including phenoxy) is 1. The lowest BCUT2D eigenvalue weighted by molar-refractivity contribution is -0.133. The quantitative estimate of drug-likeness (QED) is 0.831. The van der Waals surface area contributed by atoms with Crippen molar-refractivity contribution < 1.29 is 13.9 Å². The van der Waals surface area contributed by atoms with Crippen LogP contribution in [0.3, 0.4) is 0 Å². The van der Waals surface area contributed by atoms with Gasteiger partial charge in [0.05, 0.1) is 13.2 Å². The van der Waals surface area contributed by atoms with Crippen LogP contribution in [0.1, 0.15) is 16.7 Å². The van der Waals surface area contributed by atoms with Gasteiger partial charge in [-0.05, 0) is 6.07 Å². The van der Waals surface area contributed by atoms with Gasteiger partial charge in [0.25, 0.3) is 0 Å². The van der Waals surface area contributed by atoms with Crippen LogP contribution in [0, 0.1) is 5.82 Å². The molecule has 1 aliphatic rings. The zero-order valence-corrected chi connectivity index (χ0v) is 14.3. The number of hydrogen-bond donors (Lipinski definition) is 0. The number of aromatic nitrogens is 1. The molecular formula is C17H20FN3O2S. The van der Waals surface area contributed by atoms with Crippen LogP contribution in [0.5, 0.6) is 0 Å². The summed E-state index contributed by atoms with van der Waals surface area (Å²) in [7, 11) is 1.70. The molecule has 128 valence electrons. The summed E-state index contributed by atoms with van der Waals surface area (Å²) in [6.07, 6.45) is 1.68. The SMILES string of the molecule is CN(Cc1ccccc1F)C(=O)CN1CCO[C@@H](c2nccs2)C1. The molecule has 1 fully saturated rings. The molecular weight excluding hydrogens is 329 g/mol. The predicted molar refractivity (Wildman–Crippen MR) is 90.1 cm³/mol. The number of thiazole rings is 1. The van der Waals surface area contributed by atoms with Crippen molar-refractivity contribution in [1.82, 2.24) is 14.8 Å². The number of carbonyl (C=O) groups excluding carboxylic acids is 1. The molecule has 1 amide bonds. The van der Waals surface area contributed by atoms with E-state index in [0.29, 0.717) is 31.8 Å². The van der Waals surface area contributed by atoms with Crippen LogP contribution in [-0.2, 0) is 16.1 Å². The normalized spacial score (nSPS) is 18.5. The summed E-state index contributed by atoms with van der Waals surface area (Å²) in [6.45, 7) is 2.50. The van der Waals surface area contributed by atoms with Crippen LogP contribution < -0.4 is 0 Å². The standard InChI is InChI=1S/C17H20FN3O2S/c1-20(10-13-4-2-3-5-14(13)18)16(22)12-21-7-8-23-15(11-21)17-19-6-9-24-17/h2-6,9,15H,7-8,10-12H2,1H3/t15-/m1/s1. The molecule has 1 aliphatic heterocycles. The number of halogens is 1. The molecule has 0 unspecified atom stereocenters. The van der Waals surface area contributed by atoms with E-state index in [9.17, 15) is 9.18 Å². The Morgan fingerprint density at radius 2 is 2.33 bits per heavy atom. The van der Waals surface area contributed by atoms with E-state index < -0.39 is 0 Å². The number of benzene rings is 1. The Balaban J connectivity index is 1.55. The second-order valence-electron chi connectivity index (χ2n) is 5.81. The highest BCUT2D eigenvalue weighted by Crippen LogP contribution is 2.23. The van der Waals surface area contributed by atoms with Crippen LogP contribution in [0.15, 0.2) is 35.8 Å². The predicted octanol–water partition coefficient (Wildman–Crippen LogP) is 2.31. The first-order valence-corrected chi connectivity index (χ1v) is 8.72. The fraction of sp³-hybridized carbons (Fsp3) is 0.412. The van der Waals surface area contributed by atoms with Gasteiger partial charge in [-0.25, -0.2) is 9.37 Å². The molecule has 3 rings (SSSR count). The minimum Gasteiger partial charge on any atom is -0.368 e. The molecule has 0 saturated carbocycles. The summed E-state index contributed by atoms with van der Waals surface area (Å²) < 4.78 is 19.4. The molecule has 0 spiro atoms. The second-order valence-corrected chi connectivity index (χ2v) is 6.73. The van der Waals surface area contributed by atoms with Crippen LogP contribution in [0.4, 0.5) is 4.39 Å². The molecule has 2 heterocycles. The first-order chi connectivity index (χ1) is 11.6. The van der Waals surface area contributed by atoms with Gasteiger partial charge in [0.1, 0.15) is 16.9 Å². The fourth-order valence-corrected chi connectivity index (χ4v) is 3.35. The van der Waals surface area contributed by atoms with Gasteiger partial charge in [-0.3, -0.25) is 9.69 Å². The van der Waals surface area contributed by atoms with E-state index in [4.69, 9.17) is 4.74 Å². The largest absolute Gasteiger partial charge is 0.368 e. The van der Waals surface area contributed by atoms with Gasteiger partial charge in [-0.2, -0.15) is 0 Å². The number of carbonyl (C=O) groups is 1. The van der Waals surface area contributed by atoms with Crippen molar-refractivity contribution in [1.29, 1.82) is 0 Å². The number of rotatable bonds is 5. The van der Waals surface area contributed by atoms with Crippen LogP contribution in [0.25, 0.3) is 0 Å². The van der Waals surface area contributed by atoms with Crippen molar-refractivity contribution >= 4 is 17.2 Å². The fourth-order valence-electron chi connectivity index (χ4n) is 2.67. The Morgan fingerprint density at radius 3 is 3.08 bits per heavy atom. The van der Waals surface area contributed by atoms with Crippen molar-refractivity contribution in [2.75, 3.05) is 33.3 Å². The lowest BCUT2D eigenvalue weighted by Crippen LogP contribution is -2.44. The van der Waals surface area contributed by atoms with E-state index >= 15 is 0 Å². The van der Waals surface area contributed by atoms with Crippen LogP contribution in [-0.4, -0.2) is 54.0 Å². The lowest BCUT2D eigenvalue weighted by atomic mass is 10.2. The molecule has 0 bridgehead atoms. The van der Waals surface area contributed by atoms with E-state index in [1.54, 1.807) is 47.7 Å². The van der Waals surface area contributed by atoms with Crippen molar-refractivity contribution in [3.05, 3.63) is 52.2 Å². The van der Waals surface area contributed by atoms with E-state index in [1.807, 2.05) is 5.38 Å².